The Morgan fingerprint density at radius 2 is 2.03 bits per heavy atom. The van der Waals surface area contributed by atoms with Gasteiger partial charge in [0.05, 0.1) is 30.9 Å². The van der Waals surface area contributed by atoms with Crippen LogP contribution in [0.3, 0.4) is 0 Å². The van der Waals surface area contributed by atoms with E-state index in [4.69, 9.17) is 19.7 Å². The summed E-state index contributed by atoms with van der Waals surface area (Å²) in [6, 6.07) is 7.31. The molecular formula is C19H23N5O6. The number of carboxylic acids is 1. The van der Waals surface area contributed by atoms with E-state index >= 15 is 0 Å². The van der Waals surface area contributed by atoms with E-state index in [1.165, 1.54) is 6.33 Å². The molecule has 11 nitrogen and oxygen atoms in total. The Hall–Kier alpha value is -3.31. The smallest absolute Gasteiger partial charge is 0.317 e. The Kier molecular flexibility index (Phi) is 6.75. The van der Waals surface area contributed by atoms with Gasteiger partial charge in [-0.05, 0) is 12.5 Å². The lowest BCUT2D eigenvalue weighted by molar-refractivity contribution is -0.138. The number of aromatic nitrogens is 3. The zero-order valence-electron chi connectivity index (χ0n) is 16.2. The number of hydrogen-bond donors (Lipinski definition) is 3. The maximum absolute atomic E-state index is 13.2. The Morgan fingerprint density at radius 3 is 2.73 bits per heavy atom. The topological polar surface area (TPSA) is 149 Å². The molecule has 2 aromatic rings. The molecule has 2 aliphatic rings. The number of aliphatic carboxylic acids is 1. The van der Waals surface area contributed by atoms with Crippen LogP contribution in [0.15, 0.2) is 30.6 Å². The Morgan fingerprint density at radius 1 is 1.27 bits per heavy atom. The molecule has 1 amide bonds. The van der Waals surface area contributed by atoms with Crippen molar-refractivity contribution in [3.05, 3.63) is 36.2 Å². The molecule has 4 rings (SSSR count). The van der Waals surface area contributed by atoms with Crippen LogP contribution in [0.5, 0.6) is 0 Å². The number of carboxylic acid groups (broad SMARTS) is 2. The van der Waals surface area contributed by atoms with Crippen molar-refractivity contribution in [3.63, 3.8) is 0 Å². The average Bonchev–Trinajstić information content (AvgIpc) is 3.38. The third kappa shape index (κ3) is 4.81. The molecule has 3 heterocycles. The zero-order valence-corrected chi connectivity index (χ0v) is 16.2. The van der Waals surface area contributed by atoms with E-state index in [1.807, 2.05) is 23.1 Å². The quantitative estimate of drug-likeness (QED) is 0.592. The monoisotopic (exact) mass is 417 g/mol. The maximum Gasteiger partial charge on any atom is 0.317 e. The van der Waals surface area contributed by atoms with Crippen molar-refractivity contribution in [2.45, 2.75) is 12.0 Å². The molecular weight excluding hydrogens is 394 g/mol. The molecule has 2 saturated heterocycles. The first-order valence-electron chi connectivity index (χ1n) is 9.38. The number of aromatic amines is 1. The van der Waals surface area contributed by atoms with Crippen molar-refractivity contribution in [2.24, 2.45) is 0 Å². The van der Waals surface area contributed by atoms with Gasteiger partial charge in [0, 0.05) is 25.2 Å². The summed E-state index contributed by atoms with van der Waals surface area (Å²) in [4.78, 5) is 40.4. The number of morpholine rings is 1. The van der Waals surface area contributed by atoms with E-state index in [0.29, 0.717) is 56.2 Å². The number of rotatable bonds is 4. The van der Waals surface area contributed by atoms with Crippen LogP contribution in [0.2, 0.25) is 0 Å². The molecule has 0 bridgehead atoms. The van der Waals surface area contributed by atoms with Gasteiger partial charge in [-0.1, -0.05) is 18.2 Å². The van der Waals surface area contributed by atoms with Gasteiger partial charge in [0.2, 0.25) is 0 Å². The van der Waals surface area contributed by atoms with Crippen molar-refractivity contribution < 1.29 is 29.3 Å². The number of amides is 1. The van der Waals surface area contributed by atoms with E-state index in [2.05, 4.69) is 15.2 Å². The molecule has 0 aliphatic carbocycles. The first kappa shape index (κ1) is 21.4. The van der Waals surface area contributed by atoms with Crippen molar-refractivity contribution in [1.82, 2.24) is 25.0 Å². The first-order chi connectivity index (χ1) is 14.5. The van der Waals surface area contributed by atoms with Crippen LogP contribution in [-0.4, -0.2) is 98.5 Å². The number of benzene rings is 1. The van der Waals surface area contributed by atoms with Crippen LogP contribution in [0.1, 0.15) is 16.8 Å². The second-order valence-electron chi connectivity index (χ2n) is 7.10. The standard InChI is InChI=1S/C18H21N5O4.CH2O2/c24-15(25)9-22-6-5-18(10-22)11-23(7-8-27-18)17(26)14-4-2-1-3-13(14)16-19-12-20-21-16;2-1-3/h1-4,12H,5-11H2,(H,24,25)(H,19,20,21);1H,(H,2,3). The fourth-order valence-corrected chi connectivity index (χ4v) is 3.90. The first-order valence-corrected chi connectivity index (χ1v) is 9.38. The summed E-state index contributed by atoms with van der Waals surface area (Å²) in [5.41, 5.74) is 0.774. The number of likely N-dealkylation sites (tertiary alicyclic amines) is 1. The van der Waals surface area contributed by atoms with Crippen LogP contribution in [0.4, 0.5) is 0 Å². The van der Waals surface area contributed by atoms with E-state index < -0.39 is 11.6 Å². The summed E-state index contributed by atoms with van der Waals surface area (Å²) < 4.78 is 6.00. The summed E-state index contributed by atoms with van der Waals surface area (Å²) in [6.07, 6.45) is 2.13. The Labute approximate surface area is 172 Å². The number of ether oxygens (including phenoxy) is 1. The van der Waals surface area contributed by atoms with Gasteiger partial charge >= 0.3 is 5.97 Å². The number of H-pyrrole nitrogens is 1. The van der Waals surface area contributed by atoms with Gasteiger partial charge in [-0.25, -0.2) is 4.98 Å². The minimum absolute atomic E-state index is 0.00656. The van der Waals surface area contributed by atoms with Crippen LogP contribution in [0, 0.1) is 0 Å². The number of nitrogens with zero attached hydrogens (tertiary/aromatic N) is 4. The molecule has 3 N–H and O–H groups in total. The number of nitrogens with one attached hydrogen (secondary N) is 1. The summed E-state index contributed by atoms with van der Waals surface area (Å²) in [6.45, 7) is 2.32. The summed E-state index contributed by atoms with van der Waals surface area (Å²) in [7, 11) is 0. The number of carbonyl (C=O) groups is 3. The highest BCUT2D eigenvalue weighted by Gasteiger charge is 2.44. The lowest BCUT2D eigenvalue weighted by Gasteiger charge is -2.40. The third-order valence-corrected chi connectivity index (χ3v) is 5.12. The van der Waals surface area contributed by atoms with E-state index in [0.717, 1.165) is 0 Å². The fraction of sp³-hybridized carbons (Fsp3) is 0.421. The Bertz CT molecular complexity index is 889. The van der Waals surface area contributed by atoms with Crippen LogP contribution < -0.4 is 0 Å². The van der Waals surface area contributed by atoms with E-state index in [1.54, 1.807) is 11.0 Å². The molecule has 2 aliphatic heterocycles. The van der Waals surface area contributed by atoms with Crippen molar-refractivity contribution in [3.8, 4) is 11.4 Å². The number of carbonyl (C=O) groups excluding carboxylic acids is 1. The molecule has 1 unspecified atom stereocenters. The summed E-state index contributed by atoms with van der Waals surface area (Å²) in [5.74, 6) is -0.381. The summed E-state index contributed by atoms with van der Waals surface area (Å²) >= 11 is 0. The lowest BCUT2D eigenvalue weighted by atomic mass is 9.99. The van der Waals surface area contributed by atoms with Crippen LogP contribution in [0.25, 0.3) is 11.4 Å². The van der Waals surface area contributed by atoms with Gasteiger partial charge in [-0.15, -0.1) is 0 Å². The van der Waals surface area contributed by atoms with Crippen molar-refractivity contribution >= 4 is 18.3 Å². The number of hydrogen-bond acceptors (Lipinski definition) is 7. The molecule has 0 radical (unpaired) electrons. The maximum atomic E-state index is 13.2. The van der Waals surface area contributed by atoms with Crippen LogP contribution >= 0.6 is 0 Å². The SMILES string of the molecule is O=C(O)CN1CCC2(C1)CN(C(=O)c1ccccc1-c1ncn[nH]1)CCO2.O=CO. The van der Waals surface area contributed by atoms with Gasteiger partial charge in [0.25, 0.3) is 12.4 Å². The average molecular weight is 417 g/mol. The highest BCUT2D eigenvalue weighted by atomic mass is 16.5. The Balaban J connectivity index is 0.000000806. The highest BCUT2D eigenvalue weighted by molar-refractivity contribution is 6.00. The van der Waals surface area contributed by atoms with Gasteiger partial charge in [-0.3, -0.25) is 24.4 Å². The van der Waals surface area contributed by atoms with Gasteiger partial charge in [0.1, 0.15) is 6.33 Å². The molecule has 1 atom stereocenters. The van der Waals surface area contributed by atoms with Gasteiger partial charge in [-0.2, -0.15) is 5.10 Å². The normalized spacial score (nSPS) is 21.1. The minimum atomic E-state index is -0.850. The fourth-order valence-electron chi connectivity index (χ4n) is 3.90. The molecule has 30 heavy (non-hydrogen) atoms. The largest absolute Gasteiger partial charge is 0.483 e. The highest BCUT2D eigenvalue weighted by Crippen LogP contribution is 2.30. The summed E-state index contributed by atoms with van der Waals surface area (Å²) in [5, 5.41) is 22.6. The molecule has 1 aromatic carbocycles. The molecule has 1 aromatic heterocycles. The van der Waals surface area contributed by atoms with Gasteiger partial charge in [0.15, 0.2) is 5.82 Å². The van der Waals surface area contributed by atoms with E-state index in [9.17, 15) is 9.59 Å². The van der Waals surface area contributed by atoms with Crippen LogP contribution in [-0.2, 0) is 14.3 Å². The molecule has 1 spiro atoms. The van der Waals surface area contributed by atoms with Crippen molar-refractivity contribution in [1.29, 1.82) is 0 Å². The molecule has 160 valence electrons. The second kappa shape index (κ2) is 9.46. The second-order valence-corrected chi connectivity index (χ2v) is 7.10. The van der Waals surface area contributed by atoms with Gasteiger partial charge < -0.3 is 19.8 Å². The third-order valence-electron chi connectivity index (χ3n) is 5.12. The zero-order chi connectivity index (χ0) is 21.6. The molecule has 2 fully saturated rings. The predicted octanol–water partition coefficient (Wildman–Crippen LogP) is 0.174. The van der Waals surface area contributed by atoms with Crippen molar-refractivity contribution in [2.75, 3.05) is 39.3 Å². The predicted molar refractivity (Wildman–Crippen MR) is 104 cm³/mol. The molecule has 11 heteroatoms. The lowest BCUT2D eigenvalue weighted by Crippen LogP contribution is -2.55. The van der Waals surface area contributed by atoms with E-state index in [-0.39, 0.29) is 18.9 Å². The minimum Gasteiger partial charge on any atom is -0.483 e. The molecule has 0 saturated carbocycles.